The first kappa shape index (κ1) is 15.7. The van der Waals surface area contributed by atoms with Crippen LogP contribution in [0.3, 0.4) is 0 Å². The minimum Gasteiger partial charge on any atom is -0.329 e. The molecular formula is C16H21ClN2. The van der Waals surface area contributed by atoms with Crippen LogP contribution in [0.25, 0.3) is 0 Å². The molecule has 0 aliphatic rings. The molecule has 0 atom stereocenters. The molecule has 2 rings (SSSR count). The highest BCUT2D eigenvalue weighted by Crippen LogP contribution is 2.09. The minimum atomic E-state index is 0. The van der Waals surface area contributed by atoms with Crippen LogP contribution >= 0.6 is 12.4 Å². The zero-order chi connectivity index (χ0) is 12.6. The number of nitrogens with zero attached hydrogens (tertiary/aromatic N) is 1. The standard InChI is InChI=1S/C16H20N2.ClH/c17-11-12-18(13-15-7-3-1-4-8-15)14-16-9-5-2-6-10-16;/h1-10H,11-14,17H2;1H. The third-order valence-electron chi connectivity index (χ3n) is 2.94. The fraction of sp³-hybridized carbons (Fsp3) is 0.250. The molecule has 0 aliphatic carbocycles. The Kier molecular flexibility index (Phi) is 7.19. The Bertz CT molecular complexity index is 403. The molecule has 0 saturated carbocycles. The molecule has 3 heteroatoms. The molecule has 0 radical (unpaired) electrons. The lowest BCUT2D eigenvalue weighted by atomic mass is 10.1. The molecule has 2 aromatic carbocycles. The molecule has 0 saturated heterocycles. The summed E-state index contributed by atoms with van der Waals surface area (Å²) in [5, 5.41) is 0. The second kappa shape index (κ2) is 8.70. The number of rotatable bonds is 6. The van der Waals surface area contributed by atoms with Gasteiger partial charge < -0.3 is 5.73 Å². The SMILES string of the molecule is Cl.NCCN(Cc1ccccc1)Cc1ccccc1. The summed E-state index contributed by atoms with van der Waals surface area (Å²) in [6.45, 7) is 3.52. The van der Waals surface area contributed by atoms with Gasteiger partial charge in [-0.25, -0.2) is 0 Å². The lowest BCUT2D eigenvalue weighted by Gasteiger charge is -2.21. The number of benzene rings is 2. The molecule has 0 unspecified atom stereocenters. The first-order valence-corrected chi connectivity index (χ1v) is 6.39. The maximum atomic E-state index is 5.70. The largest absolute Gasteiger partial charge is 0.329 e. The highest BCUT2D eigenvalue weighted by Gasteiger charge is 2.05. The van der Waals surface area contributed by atoms with E-state index >= 15 is 0 Å². The minimum absolute atomic E-state index is 0. The van der Waals surface area contributed by atoms with E-state index in [0.29, 0.717) is 6.54 Å². The van der Waals surface area contributed by atoms with Gasteiger partial charge in [0.1, 0.15) is 0 Å². The van der Waals surface area contributed by atoms with Crippen LogP contribution in [0.1, 0.15) is 11.1 Å². The van der Waals surface area contributed by atoms with Crippen molar-refractivity contribution in [3.05, 3.63) is 71.8 Å². The highest BCUT2D eigenvalue weighted by atomic mass is 35.5. The third kappa shape index (κ3) is 5.43. The van der Waals surface area contributed by atoms with Crippen LogP contribution in [-0.4, -0.2) is 18.0 Å². The van der Waals surface area contributed by atoms with Crippen LogP contribution in [0.2, 0.25) is 0 Å². The summed E-state index contributed by atoms with van der Waals surface area (Å²) in [6, 6.07) is 21.1. The molecule has 102 valence electrons. The summed E-state index contributed by atoms with van der Waals surface area (Å²) in [4.78, 5) is 2.38. The molecule has 0 heterocycles. The van der Waals surface area contributed by atoms with Gasteiger partial charge in [0, 0.05) is 26.2 Å². The first-order chi connectivity index (χ1) is 8.88. The van der Waals surface area contributed by atoms with Crippen LogP contribution in [-0.2, 0) is 13.1 Å². The number of halogens is 1. The third-order valence-corrected chi connectivity index (χ3v) is 2.94. The second-order valence-electron chi connectivity index (χ2n) is 4.47. The van der Waals surface area contributed by atoms with Crippen LogP contribution in [0, 0.1) is 0 Å². The van der Waals surface area contributed by atoms with E-state index in [9.17, 15) is 0 Å². The van der Waals surface area contributed by atoms with Gasteiger partial charge in [-0.3, -0.25) is 4.90 Å². The lowest BCUT2D eigenvalue weighted by Crippen LogP contribution is -2.28. The van der Waals surface area contributed by atoms with E-state index in [1.54, 1.807) is 0 Å². The summed E-state index contributed by atoms with van der Waals surface area (Å²) >= 11 is 0. The molecule has 0 aliphatic heterocycles. The second-order valence-corrected chi connectivity index (χ2v) is 4.47. The van der Waals surface area contributed by atoms with E-state index in [2.05, 4.69) is 53.4 Å². The van der Waals surface area contributed by atoms with Gasteiger partial charge in [0.05, 0.1) is 0 Å². The van der Waals surface area contributed by atoms with Gasteiger partial charge >= 0.3 is 0 Å². The van der Waals surface area contributed by atoms with Crippen molar-refractivity contribution in [2.45, 2.75) is 13.1 Å². The van der Waals surface area contributed by atoms with Crippen molar-refractivity contribution in [3.63, 3.8) is 0 Å². The van der Waals surface area contributed by atoms with Gasteiger partial charge in [-0.05, 0) is 11.1 Å². The Hall–Kier alpha value is -1.35. The zero-order valence-corrected chi connectivity index (χ0v) is 11.9. The molecule has 2 aromatic rings. The van der Waals surface area contributed by atoms with Crippen LogP contribution in [0.15, 0.2) is 60.7 Å². The average Bonchev–Trinajstić information content (AvgIpc) is 2.41. The van der Waals surface area contributed by atoms with Crippen molar-refractivity contribution in [2.24, 2.45) is 5.73 Å². The summed E-state index contributed by atoms with van der Waals surface area (Å²) in [5.74, 6) is 0. The molecular weight excluding hydrogens is 256 g/mol. The summed E-state index contributed by atoms with van der Waals surface area (Å²) < 4.78 is 0. The Morgan fingerprint density at radius 2 is 1.16 bits per heavy atom. The predicted molar refractivity (Wildman–Crippen MR) is 83.3 cm³/mol. The van der Waals surface area contributed by atoms with Crippen LogP contribution in [0.5, 0.6) is 0 Å². The van der Waals surface area contributed by atoms with Gasteiger partial charge in [-0.15, -0.1) is 12.4 Å². The van der Waals surface area contributed by atoms with Crippen molar-refractivity contribution < 1.29 is 0 Å². The van der Waals surface area contributed by atoms with E-state index in [-0.39, 0.29) is 12.4 Å². The normalized spacial score (nSPS) is 10.2. The molecule has 19 heavy (non-hydrogen) atoms. The summed E-state index contributed by atoms with van der Waals surface area (Å²) in [5.41, 5.74) is 8.37. The molecule has 2 nitrogen and oxygen atoms in total. The number of nitrogens with two attached hydrogens (primary N) is 1. The molecule has 0 spiro atoms. The van der Waals surface area contributed by atoms with Gasteiger partial charge in [0.25, 0.3) is 0 Å². The molecule has 2 N–H and O–H groups in total. The van der Waals surface area contributed by atoms with Crippen molar-refractivity contribution in [1.29, 1.82) is 0 Å². The summed E-state index contributed by atoms with van der Waals surface area (Å²) in [7, 11) is 0. The molecule has 0 aromatic heterocycles. The van der Waals surface area contributed by atoms with Crippen LogP contribution < -0.4 is 5.73 Å². The maximum absolute atomic E-state index is 5.70. The topological polar surface area (TPSA) is 29.3 Å². The van der Waals surface area contributed by atoms with Gasteiger partial charge in [0.2, 0.25) is 0 Å². The zero-order valence-electron chi connectivity index (χ0n) is 11.0. The lowest BCUT2D eigenvalue weighted by molar-refractivity contribution is 0.264. The Balaban J connectivity index is 0.00000180. The Morgan fingerprint density at radius 1 is 0.737 bits per heavy atom. The van der Waals surface area contributed by atoms with E-state index in [0.717, 1.165) is 19.6 Å². The average molecular weight is 277 g/mol. The van der Waals surface area contributed by atoms with Crippen LogP contribution in [0.4, 0.5) is 0 Å². The fourth-order valence-electron chi connectivity index (χ4n) is 2.08. The van der Waals surface area contributed by atoms with Crippen molar-refractivity contribution in [1.82, 2.24) is 4.90 Å². The maximum Gasteiger partial charge on any atom is 0.0237 e. The predicted octanol–water partition coefficient (Wildman–Crippen LogP) is 3.07. The van der Waals surface area contributed by atoms with E-state index in [1.165, 1.54) is 11.1 Å². The quantitative estimate of drug-likeness (QED) is 0.879. The highest BCUT2D eigenvalue weighted by molar-refractivity contribution is 5.85. The smallest absolute Gasteiger partial charge is 0.0237 e. The van der Waals surface area contributed by atoms with E-state index in [1.807, 2.05) is 12.1 Å². The molecule has 0 amide bonds. The van der Waals surface area contributed by atoms with Gasteiger partial charge in [0.15, 0.2) is 0 Å². The van der Waals surface area contributed by atoms with E-state index < -0.39 is 0 Å². The monoisotopic (exact) mass is 276 g/mol. The summed E-state index contributed by atoms with van der Waals surface area (Å²) in [6.07, 6.45) is 0. The van der Waals surface area contributed by atoms with E-state index in [4.69, 9.17) is 5.73 Å². The number of hydrogen-bond acceptors (Lipinski definition) is 2. The first-order valence-electron chi connectivity index (χ1n) is 6.39. The van der Waals surface area contributed by atoms with Gasteiger partial charge in [-0.2, -0.15) is 0 Å². The molecule has 0 bridgehead atoms. The van der Waals surface area contributed by atoms with Crippen molar-refractivity contribution >= 4 is 12.4 Å². The fourth-order valence-corrected chi connectivity index (χ4v) is 2.08. The Labute approximate surface area is 121 Å². The molecule has 0 fully saturated rings. The van der Waals surface area contributed by atoms with Gasteiger partial charge in [-0.1, -0.05) is 60.7 Å². The van der Waals surface area contributed by atoms with Crippen molar-refractivity contribution in [3.8, 4) is 0 Å². The number of hydrogen-bond donors (Lipinski definition) is 1. The van der Waals surface area contributed by atoms with Crippen molar-refractivity contribution in [2.75, 3.05) is 13.1 Å². The Morgan fingerprint density at radius 3 is 1.53 bits per heavy atom.